The van der Waals surface area contributed by atoms with Gasteiger partial charge in [-0.25, -0.2) is 39.5 Å². The summed E-state index contributed by atoms with van der Waals surface area (Å²) in [6.07, 6.45) is 14.2. The Bertz CT molecular complexity index is 2570. The van der Waals surface area contributed by atoms with E-state index in [-0.39, 0.29) is 24.1 Å². The van der Waals surface area contributed by atoms with E-state index in [1.165, 1.54) is 36.9 Å². The van der Waals surface area contributed by atoms with E-state index in [1.54, 1.807) is 40.7 Å². The minimum atomic E-state index is -1.47. The van der Waals surface area contributed by atoms with Crippen LogP contribution < -0.4 is 45.2 Å². The van der Waals surface area contributed by atoms with Crippen molar-refractivity contribution in [3.63, 3.8) is 0 Å². The third-order valence-electron chi connectivity index (χ3n) is 10.6. The van der Waals surface area contributed by atoms with Crippen molar-refractivity contribution in [3.8, 4) is 23.0 Å². The summed E-state index contributed by atoms with van der Waals surface area (Å²) < 4.78 is 10.6. The number of hydrogen-bond acceptors (Lipinski definition) is 16. The highest BCUT2D eigenvalue weighted by atomic mass is 35.5. The van der Waals surface area contributed by atoms with E-state index in [0.717, 1.165) is 61.7 Å². The molecule has 4 N–H and O–H groups in total. The maximum atomic E-state index is 13.2. The zero-order chi connectivity index (χ0) is 44.6. The first-order valence-electron chi connectivity index (χ1n) is 20.6. The number of halogens is 1. The molecule has 6 aromatic heterocycles. The molecular formula is C42H44BClN14O6. The molecule has 4 amide bonds. The molecule has 2 saturated heterocycles. The van der Waals surface area contributed by atoms with E-state index in [4.69, 9.17) is 36.1 Å². The van der Waals surface area contributed by atoms with Gasteiger partial charge in [-0.1, -0.05) is 11.6 Å². The number of nitrogens with one attached hydrogen (secondary N) is 2. The molecule has 0 saturated carbocycles. The second kappa shape index (κ2) is 19.9. The third-order valence-corrected chi connectivity index (χ3v) is 10.8. The fraction of sp³-hybridized carbons (Fsp3) is 0.286. The van der Waals surface area contributed by atoms with E-state index in [1.807, 2.05) is 44.2 Å². The minimum Gasteiger partial charge on any atom is -0.478 e. The summed E-state index contributed by atoms with van der Waals surface area (Å²) in [6.45, 7) is 8.23. The Balaban J connectivity index is 0.000000144. The van der Waals surface area contributed by atoms with Gasteiger partial charge in [-0.05, 0) is 68.6 Å². The lowest BCUT2D eigenvalue weighted by Gasteiger charge is -2.35. The molecule has 10 rings (SSSR count). The van der Waals surface area contributed by atoms with Crippen molar-refractivity contribution in [3.05, 3.63) is 103 Å². The monoisotopic (exact) mass is 886 g/mol. The number of hydrogen-bond donors (Lipinski definition) is 4. The van der Waals surface area contributed by atoms with Gasteiger partial charge in [-0.3, -0.25) is 30.4 Å². The number of carbonyl (C=O) groups excluding carboxylic acids is 2. The molecule has 2 atom stereocenters. The first-order valence-corrected chi connectivity index (χ1v) is 21.0. The molecule has 64 heavy (non-hydrogen) atoms. The van der Waals surface area contributed by atoms with Crippen LogP contribution in [0.3, 0.4) is 0 Å². The lowest BCUT2D eigenvalue weighted by Crippen LogP contribution is -2.48. The van der Waals surface area contributed by atoms with Crippen molar-refractivity contribution in [1.82, 2.24) is 39.9 Å². The number of nitrogens with zero attached hydrogens (tertiary/aromatic N) is 12. The first-order chi connectivity index (χ1) is 31.2. The normalized spacial score (nSPS) is 16.3. The maximum absolute atomic E-state index is 13.2. The Morgan fingerprint density at radius 2 is 1.25 bits per heavy atom. The molecule has 0 aliphatic carbocycles. The summed E-state index contributed by atoms with van der Waals surface area (Å²) in [6, 6.07) is 14.1. The van der Waals surface area contributed by atoms with Crippen LogP contribution in [0.5, 0.6) is 11.8 Å². The summed E-state index contributed by atoms with van der Waals surface area (Å²) in [5.74, 6) is 3.03. The fourth-order valence-electron chi connectivity index (χ4n) is 7.76. The summed E-state index contributed by atoms with van der Waals surface area (Å²) in [5, 5.41) is 23.6. The van der Waals surface area contributed by atoms with Gasteiger partial charge in [0.25, 0.3) is 0 Å². The minimum absolute atomic E-state index is 0.0633. The van der Waals surface area contributed by atoms with Gasteiger partial charge in [0.1, 0.15) is 5.15 Å². The Hall–Kier alpha value is -7.23. The molecule has 10 heterocycles. The van der Waals surface area contributed by atoms with Crippen LogP contribution in [0, 0.1) is 0 Å². The van der Waals surface area contributed by atoms with E-state index in [2.05, 4.69) is 55.3 Å². The average Bonchev–Trinajstić information content (AvgIpc) is 3.93. The Kier molecular flexibility index (Phi) is 13.5. The highest BCUT2D eigenvalue weighted by molar-refractivity contribution is 6.58. The predicted molar refractivity (Wildman–Crippen MR) is 241 cm³/mol. The van der Waals surface area contributed by atoms with Crippen molar-refractivity contribution in [2.75, 3.05) is 69.6 Å². The van der Waals surface area contributed by atoms with Gasteiger partial charge in [0.15, 0.2) is 23.3 Å². The van der Waals surface area contributed by atoms with Crippen molar-refractivity contribution in [2.24, 2.45) is 0 Å². The van der Waals surface area contributed by atoms with Crippen LogP contribution in [0.25, 0.3) is 11.3 Å². The summed E-state index contributed by atoms with van der Waals surface area (Å²) >= 11 is 6.01. The first kappa shape index (κ1) is 43.4. The summed E-state index contributed by atoms with van der Waals surface area (Å²) in [5.41, 5.74) is 3.93. The molecule has 20 nitrogen and oxygen atoms in total. The predicted octanol–water partition coefficient (Wildman–Crippen LogP) is 4.28. The average molecular weight is 887 g/mol. The van der Waals surface area contributed by atoms with E-state index >= 15 is 0 Å². The van der Waals surface area contributed by atoms with Crippen LogP contribution in [0.4, 0.5) is 44.2 Å². The molecule has 0 aromatic carbocycles. The largest absolute Gasteiger partial charge is 0.488 e. The second-order valence-electron chi connectivity index (χ2n) is 14.6. The van der Waals surface area contributed by atoms with Crippen LogP contribution in [0.15, 0.2) is 98.1 Å². The highest BCUT2D eigenvalue weighted by Crippen LogP contribution is 2.41. The molecule has 4 aliphatic heterocycles. The van der Waals surface area contributed by atoms with Crippen molar-refractivity contribution < 1.29 is 29.1 Å². The summed E-state index contributed by atoms with van der Waals surface area (Å²) in [7, 11) is -1.47. The van der Waals surface area contributed by atoms with Gasteiger partial charge in [0, 0.05) is 81.1 Å². The van der Waals surface area contributed by atoms with Gasteiger partial charge in [-0.15, -0.1) is 0 Å². The van der Waals surface area contributed by atoms with Gasteiger partial charge >= 0.3 is 19.2 Å². The standard InChI is InChI=1S/C21H21N7O2.C14H13ClN6O.C7H10BNO3/c1-2-30-19-11-14(5-7-24-19)16-3-4-17-20(25-16)28(15-6-10-27(17)13-15)21(29)26-18-12-22-8-9-23-18;15-11-2-1-10-13(18-11)21(9-3-6-20(10)8-9)14(22)19-12-7-16-4-5-17-12;1-2-12-7-5-6(8(10)11)3-4-9-7/h3-5,7-9,11-12,15H,2,6,10,13H2,1H3,(H,23,26,29);1-2,4-5,7,9H,3,6,8H2,(H,17,19,22);3-5,10-11H,2H2,1H3/t15-;9-;/m00./s1. The molecule has 4 bridgehead atoms. The number of carbonyl (C=O) groups is 2. The molecule has 22 heteroatoms. The quantitative estimate of drug-likeness (QED) is 0.123. The molecule has 2 fully saturated rings. The number of pyridine rings is 4. The Morgan fingerprint density at radius 3 is 1.80 bits per heavy atom. The lowest BCUT2D eigenvalue weighted by atomic mass is 9.81. The molecule has 6 aromatic rings. The van der Waals surface area contributed by atoms with Crippen molar-refractivity contribution in [1.29, 1.82) is 0 Å². The second-order valence-corrected chi connectivity index (χ2v) is 15.0. The molecule has 0 unspecified atom stereocenters. The van der Waals surface area contributed by atoms with E-state index in [9.17, 15) is 9.59 Å². The molecule has 4 aliphatic rings. The number of fused-ring (bicyclic) bond motifs is 8. The van der Waals surface area contributed by atoms with Crippen LogP contribution >= 0.6 is 11.6 Å². The SMILES string of the molecule is CCOc1cc(-c2ccc3c(n2)N(C(=O)Nc2cnccn2)[C@H]2CCN3C2)ccn1.CCOc1cc(B(O)O)ccn1.O=C(Nc1cnccn1)N1c2nc(Cl)ccc2N2CC[C@H]1C2. The maximum Gasteiger partial charge on any atom is 0.488 e. The topological polar surface area (TPSA) is 233 Å². The number of anilines is 6. The smallest absolute Gasteiger partial charge is 0.478 e. The number of urea groups is 2. The van der Waals surface area contributed by atoms with Crippen LogP contribution in [0.2, 0.25) is 5.15 Å². The van der Waals surface area contributed by atoms with Gasteiger partial charge < -0.3 is 29.3 Å². The lowest BCUT2D eigenvalue weighted by molar-refractivity contribution is 0.254. The fourth-order valence-corrected chi connectivity index (χ4v) is 7.90. The van der Waals surface area contributed by atoms with Crippen LogP contribution in [-0.2, 0) is 0 Å². The van der Waals surface area contributed by atoms with Crippen LogP contribution in [-0.4, -0.2) is 121 Å². The highest BCUT2D eigenvalue weighted by Gasteiger charge is 2.41. The zero-order valence-corrected chi connectivity index (χ0v) is 35.7. The number of amides is 4. The van der Waals surface area contributed by atoms with Crippen molar-refractivity contribution in [2.45, 2.75) is 38.8 Å². The third kappa shape index (κ3) is 9.86. The van der Waals surface area contributed by atoms with Crippen molar-refractivity contribution >= 4 is 70.9 Å². The zero-order valence-electron chi connectivity index (χ0n) is 34.9. The van der Waals surface area contributed by atoms with Crippen LogP contribution in [0.1, 0.15) is 26.7 Å². The van der Waals surface area contributed by atoms with Gasteiger partial charge in [0.05, 0.1) is 54.8 Å². The van der Waals surface area contributed by atoms with Gasteiger partial charge in [0.2, 0.25) is 11.8 Å². The van der Waals surface area contributed by atoms with Gasteiger partial charge in [-0.2, -0.15) is 0 Å². The Morgan fingerprint density at radius 1 is 0.703 bits per heavy atom. The number of ether oxygens (including phenoxy) is 2. The molecule has 0 spiro atoms. The molecule has 0 radical (unpaired) electrons. The Labute approximate surface area is 373 Å². The number of rotatable bonds is 8. The van der Waals surface area contributed by atoms with E-state index < -0.39 is 7.12 Å². The number of aromatic nitrogens is 8. The molecule has 328 valence electrons. The summed E-state index contributed by atoms with van der Waals surface area (Å²) in [4.78, 5) is 67.3. The van der Waals surface area contributed by atoms with E-state index in [0.29, 0.717) is 58.9 Å². The molecular weight excluding hydrogens is 843 g/mol.